The van der Waals surface area contributed by atoms with E-state index in [1.54, 1.807) is 7.11 Å². The van der Waals surface area contributed by atoms with Gasteiger partial charge >= 0.3 is 0 Å². The van der Waals surface area contributed by atoms with Crippen LogP contribution in [0, 0.1) is 0 Å². The Balaban J connectivity index is 1.85. The van der Waals surface area contributed by atoms with Crippen molar-refractivity contribution in [2.24, 2.45) is 5.73 Å². The summed E-state index contributed by atoms with van der Waals surface area (Å²) >= 11 is 5.94. The maximum absolute atomic E-state index is 12.3. The molecule has 1 amide bonds. The standard InChI is InChI=1S/C17H26ClN3O2/c1-13(14-3-5-15(18)6-4-14)20-7-9-21(10-8-20)17(22)11-16(12-19)23-2/h3-6,13,16H,7-12,19H2,1-2H3. The van der Waals surface area contributed by atoms with Gasteiger partial charge in [0.05, 0.1) is 12.5 Å². The molecule has 1 saturated heterocycles. The minimum Gasteiger partial charge on any atom is -0.380 e. The van der Waals surface area contributed by atoms with Crippen LogP contribution in [0.1, 0.15) is 24.9 Å². The van der Waals surface area contributed by atoms with Gasteiger partial charge in [-0.15, -0.1) is 0 Å². The van der Waals surface area contributed by atoms with Gasteiger partial charge in [0.2, 0.25) is 5.91 Å². The molecule has 0 aliphatic carbocycles. The monoisotopic (exact) mass is 339 g/mol. The number of carbonyl (C=O) groups excluding carboxylic acids is 1. The molecular weight excluding hydrogens is 314 g/mol. The molecule has 0 spiro atoms. The second kappa shape index (κ2) is 8.64. The SMILES string of the molecule is COC(CN)CC(=O)N1CCN(C(C)c2ccc(Cl)cc2)CC1. The number of halogens is 1. The van der Waals surface area contributed by atoms with Crippen molar-refractivity contribution in [3.63, 3.8) is 0 Å². The molecule has 1 aromatic rings. The van der Waals surface area contributed by atoms with E-state index in [1.807, 2.05) is 17.0 Å². The molecule has 0 radical (unpaired) electrons. The Bertz CT molecular complexity index is 497. The molecule has 2 atom stereocenters. The van der Waals surface area contributed by atoms with E-state index in [9.17, 15) is 4.79 Å². The maximum atomic E-state index is 12.3. The van der Waals surface area contributed by atoms with Gasteiger partial charge in [0, 0.05) is 50.9 Å². The number of methoxy groups -OCH3 is 1. The highest BCUT2D eigenvalue weighted by molar-refractivity contribution is 6.30. The van der Waals surface area contributed by atoms with Crippen molar-refractivity contribution in [1.29, 1.82) is 0 Å². The number of ether oxygens (including phenoxy) is 1. The van der Waals surface area contributed by atoms with E-state index in [4.69, 9.17) is 22.1 Å². The highest BCUT2D eigenvalue weighted by Crippen LogP contribution is 2.23. The van der Waals surface area contributed by atoms with Crippen molar-refractivity contribution in [2.45, 2.75) is 25.5 Å². The van der Waals surface area contributed by atoms with E-state index in [0.29, 0.717) is 19.0 Å². The third-order valence-corrected chi connectivity index (χ3v) is 4.82. The van der Waals surface area contributed by atoms with Gasteiger partial charge in [0.25, 0.3) is 0 Å². The molecule has 2 rings (SSSR count). The molecule has 23 heavy (non-hydrogen) atoms. The quantitative estimate of drug-likeness (QED) is 0.860. The fraction of sp³-hybridized carbons (Fsp3) is 0.588. The molecule has 1 aliphatic heterocycles. The summed E-state index contributed by atoms with van der Waals surface area (Å²) in [4.78, 5) is 16.6. The summed E-state index contributed by atoms with van der Waals surface area (Å²) in [5.41, 5.74) is 6.83. The first kappa shape index (κ1) is 18.2. The predicted octanol–water partition coefficient (Wildman–Crippen LogP) is 1.91. The number of piperazine rings is 1. The van der Waals surface area contributed by atoms with E-state index in [0.717, 1.165) is 31.2 Å². The normalized spacial score (nSPS) is 18.7. The van der Waals surface area contributed by atoms with Crippen molar-refractivity contribution in [1.82, 2.24) is 9.80 Å². The van der Waals surface area contributed by atoms with E-state index in [1.165, 1.54) is 5.56 Å². The molecule has 1 aromatic carbocycles. The third-order valence-electron chi connectivity index (χ3n) is 4.57. The number of hydrogen-bond acceptors (Lipinski definition) is 4. The molecule has 6 heteroatoms. The van der Waals surface area contributed by atoms with Crippen LogP contribution in [0.4, 0.5) is 0 Å². The molecule has 2 N–H and O–H groups in total. The number of nitrogens with two attached hydrogens (primary N) is 1. The number of amides is 1. The molecule has 128 valence electrons. The number of rotatable bonds is 6. The van der Waals surface area contributed by atoms with Crippen molar-refractivity contribution < 1.29 is 9.53 Å². The topological polar surface area (TPSA) is 58.8 Å². The van der Waals surface area contributed by atoms with Crippen LogP contribution in [0.15, 0.2) is 24.3 Å². The van der Waals surface area contributed by atoms with Crippen molar-refractivity contribution in [3.8, 4) is 0 Å². The van der Waals surface area contributed by atoms with E-state index in [2.05, 4.69) is 24.0 Å². The van der Waals surface area contributed by atoms with Gasteiger partial charge in [-0.3, -0.25) is 9.69 Å². The molecule has 2 unspecified atom stereocenters. The minimum absolute atomic E-state index is 0.126. The minimum atomic E-state index is -0.187. The first-order chi connectivity index (χ1) is 11.0. The lowest BCUT2D eigenvalue weighted by Gasteiger charge is -2.38. The Morgan fingerprint density at radius 3 is 2.39 bits per heavy atom. The van der Waals surface area contributed by atoms with Crippen LogP contribution in [-0.4, -0.2) is 61.6 Å². The average molecular weight is 340 g/mol. The smallest absolute Gasteiger partial charge is 0.225 e. The summed E-state index contributed by atoms with van der Waals surface area (Å²) in [7, 11) is 1.59. The van der Waals surface area contributed by atoms with Gasteiger partial charge in [-0.1, -0.05) is 23.7 Å². The molecule has 1 fully saturated rings. The average Bonchev–Trinajstić information content (AvgIpc) is 2.59. The van der Waals surface area contributed by atoms with Gasteiger partial charge in [-0.2, -0.15) is 0 Å². The zero-order chi connectivity index (χ0) is 16.8. The van der Waals surface area contributed by atoms with Crippen LogP contribution in [0.25, 0.3) is 0 Å². The Labute approximate surface area is 143 Å². The van der Waals surface area contributed by atoms with Crippen LogP contribution < -0.4 is 5.73 Å². The zero-order valence-corrected chi connectivity index (χ0v) is 14.6. The Morgan fingerprint density at radius 1 is 1.26 bits per heavy atom. The van der Waals surface area contributed by atoms with Crippen LogP contribution in [0.3, 0.4) is 0 Å². The molecule has 1 aliphatic rings. The second-order valence-corrected chi connectivity index (χ2v) is 6.38. The van der Waals surface area contributed by atoms with Gasteiger partial charge in [0.1, 0.15) is 0 Å². The summed E-state index contributed by atoms with van der Waals surface area (Å²) in [6.07, 6.45) is 0.174. The van der Waals surface area contributed by atoms with Crippen LogP contribution >= 0.6 is 11.6 Å². The van der Waals surface area contributed by atoms with E-state index in [-0.39, 0.29) is 12.0 Å². The lowest BCUT2D eigenvalue weighted by atomic mass is 10.1. The number of benzene rings is 1. The summed E-state index contributed by atoms with van der Waals surface area (Å²) in [5.74, 6) is 0.126. The molecular formula is C17H26ClN3O2. The summed E-state index contributed by atoms with van der Waals surface area (Å²) in [6, 6.07) is 8.29. The Morgan fingerprint density at radius 2 is 1.87 bits per heavy atom. The van der Waals surface area contributed by atoms with E-state index < -0.39 is 0 Å². The van der Waals surface area contributed by atoms with Gasteiger partial charge in [-0.25, -0.2) is 0 Å². The predicted molar refractivity (Wildman–Crippen MR) is 92.5 cm³/mol. The van der Waals surface area contributed by atoms with Gasteiger partial charge < -0.3 is 15.4 Å². The summed E-state index contributed by atoms with van der Waals surface area (Å²) in [6.45, 7) is 5.80. The fourth-order valence-corrected chi connectivity index (χ4v) is 3.02. The first-order valence-electron chi connectivity index (χ1n) is 8.05. The van der Waals surface area contributed by atoms with Gasteiger partial charge in [-0.05, 0) is 24.6 Å². The summed E-state index contributed by atoms with van der Waals surface area (Å²) in [5, 5.41) is 0.754. The molecule has 5 nitrogen and oxygen atoms in total. The van der Waals surface area contributed by atoms with Crippen LogP contribution in [0.2, 0.25) is 5.02 Å². The number of hydrogen-bond donors (Lipinski definition) is 1. The first-order valence-corrected chi connectivity index (χ1v) is 8.43. The molecule has 1 heterocycles. The highest BCUT2D eigenvalue weighted by atomic mass is 35.5. The molecule has 0 bridgehead atoms. The molecule has 0 aromatic heterocycles. The zero-order valence-electron chi connectivity index (χ0n) is 13.9. The fourth-order valence-electron chi connectivity index (χ4n) is 2.90. The van der Waals surface area contributed by atoms with Gasteiger partial charge in [0.15, 0.2) is 0 Å². The maximum Gasteiger partial charge on any atom is 0.225 e. The largest absolute Gasteiger partial charge is 0.380 e. The Hall–Kier alpha value is -1.14. The van der Waals surface area contributed by atoms with Crippen molar-refractivity contribution in [2.75, 3.05) is 39.8 Å². The third kappa shape index (κ3) is 4.91. The lowest BCUT2D eigenvalue weighted by molar-refractivity contribution is -0.135. The van der Waals surface area contributed by atoms with Crippen LogP contribution in [-0.2, 0) is 9.53 Å². The number of nitrogens with zero attached hydrogens (tertiary/aromatic N) is 2. The number of carbonyl (C=O) groups is 1. The van der Waals surface area contributed by atoms with Crippen molar-refractivity contribution >= 4 is 17.5 Å². The van der Waals surface area contributed by atoms with Crippen LogP contribution in [0.5, 0.6) is 0 Å². The van der Waals surface area contributed by atoms with Crippen molar-refractivity contribution in [3.05, 3.63) is 34.9 Å². The lowest BCUT2D eigenvalue weighted by Crippen LogP contribution is -2.50. The Kier molecular flexibility index (Phi) is 6.84. The van der Waals surface area contributed by atoms with E-state index >= 15 is 0 Å². The second-order valence-electron chi connectivity index (χ2n) is 5.94. The highest BCUT2D eigenvalue weighted by Gasteiger charge is 2.25. The summed E-state index contributed by atoms with van der Waals surface area (Å²) < 4.78 is 5.19. The molecule has 0 saturated carbocycles.